The molecule has 3 nitrogen and oxygen atoms in total. The van der Waals surface area contributed by atoms with Crippen molar-refractivity contribution in [3.05, 3.63) is 0 Å². The fraction of sp³-hybridized carbons (Fsp3) is 1.00. The molecule has 1 aliphatic rings. The summed E-state index contributed by atoms with van der Waals surface area (Å²) in [5.41, 5.74) is 0. The van der Waals surface area contributed by atoms with E-state index in [2.05, 4.69) is 38.2 Å². The van der Waals surface area contributed by atoms with E-state index in [0.717, 1.165) is 6.54 Å². The Bertz CT molecular complexity index is 168. The van der Waals surface area contributed by atoms with Crippen molar-refractivity contribution < 1.29 is 4.74 Å². The predicted octanol–water partition coefficient (Wildman–Crippen LogP) is 1.34. The third-order valence-corrected chi connectivity index (χ3v) is 3.48. The highest BCUT2D eigenvalue weighted by Gasteiger charge is 2.29. The van der Waals surface area contributed by atoms with Gasteiger partial charge in [0.25, 0.3) is 0 Å². The van der Waals surface area contributed by atoms with E-state index in [4.69, 9.17) is 4.74 Å². The van der Waals surface area contributed by atoms with Crippen LogP contribution >= 0.6 is 0 Å². The molecule has 1 N–H and O–H groups in total. The molecule has 1 saturated carbocycles. The van der Waals surface area contributed by atoms with Crippen LogP contribution in [0.15, 0.2) is 0 Å². The van der Waals surface area contributed by atoms with Crippen LogP contribution in [0.25, 0.3) is 0 Å². The van der Waals surface area contributed by atoms with Gasteiger partial charge in [-0.15, -0.1) is 0 Å². The maximum Gasteiger partial charge on any atom is 0.0601 e. The van der Waals surface area contributed by atoms with Gasteiger partial charge < -0.3 is 15.0 Å². The Balaban J connectivity index is 2.18. The number of methoxy groups -OCH3 is 1. The van der Waals surface area contributed by atoms with E-state index in [1.165, 1.54) is 12.8 Å². The van der Waals surface area contributed by atoms with Gasteiger partial charge >= 0.3 is 0 Å². The molecule has 1 atom stereocenters. The number of hydrogen-bond donors (Lipinski definition) is 1. The second kappa shape index (κ2) is 5.83. The van der Waals surface area contributed by atoms with Gasteiger partial charge in [-0.1, -0.05) is 13.8 Å². The van der Waals surface area contributed by atoms with E-state index < -0.39 is 0 Å². The summed E-state index contributed by atoms with van der Waals surface area (Å²) in [6.07, 6.45) is 2.85. The first kappa shape index (κ1) is 12.9. The van der Waals surface area contributed by atoms with Crippen molar-refractivity contribution >= 4 is 0 Å². The van der Waals surface area contributed by atoms with Gasteiger partial charge in [0.1, 0.15) is 0 Å². The van der Waals surface area contributed by atoms with Crippen LogP contribution in [0.4, 0.5) is 0 Å². The molecule has 0 aromatic rings. The SMILES string of the molecule is COC1CC(NCC(C(C)C)N(C)C)C1. The van der Waals surface area contributed by atoms with E-state index in [1.54, 1.807) is 7.11 Å². The Morgan fingerprint density at radius 2 is 1.93 bits per heavy atom. The average Bonchev–Trinajstić information content (AvgIpc) is 2.07. The van der Waals surface area contributed by atoms with Crippen molar-refractivity contribution in [1.29, 1.82) is 0 Å². The molecule has 0 saturated heterocycles. The van der Waals surface area contributed by atoms with Crippen LogP contribution in [-0.2, 0) is 4.74 Å². The number of likely N-dealkylation sites (N-methyl/N-ethyl adjacent to an activating group) is 1. The van der Waals surface area contributed by atoms with Crippen LogP contribution in [0, 0.1) is 5.92 Å². The van der Waals surface area contributed by atoms with Crippen molar-refractivity contribution in [3.8, 4) is 0 Å². The summed E-state index contributed by atoms with van der Waals surface area (Å²) in [6, 6.07) is 1.31. The van der Waals surface area contributed by atoms with Gasteiger partial charge in [-0.25, -0.2) is 0 Å². The van der Waals surface area contributed by atoms with Gasteiger partial charge in [-0.2, -0.15) is 0 Å². The Morgan fingerprint density at radius 1 is 1.33 bits per heavy atom. The van der Waals surface area contributed by atoms with Crippen LogP contribution in [0.2, 0.25) is 0 Å². The minimum absolute atomic E-state index is 0.499. The summed E-state index contributed by atoms with van der Waals surface area (Å²) in [5, 5.41) is 3.62. The summed E-state index contributed by atoms with van der Waals surface area (Å²) in [7, 11) is 6.12. The first-order valence-corrected chi connectivity index (χ1v) is 5.97. The number of nitrogens with one attached hydrogen (secondary N) is 1. The number of ether oxygens (including phenoxy) is 1. The second-order valence-corrected chi connectivity index (χ2v) is 5.21. The maximum absolute atomic E-state index is 5.27. The van der Waals surface area contributed by atoms with Crippen molar-refractivity contribution in [1.82, 2.24) is 10.2 Å². The highest BCUT2D eigenvalue weighted by molar-refractivity contribution is 4.87. The molecule has 1 unspecified atom stereocenters. The number of hydrogen-bond acceptors (Lipinski definition) is 3. The molecular formula is C12H26N2O. The fourth-order valence-corrected chi connectivity index (χ4v) is 2.23. The predicted molar refractivity (Wildman–Crippen MR) is 64.1 cm³/mol. The Hall–Kier alpha value is -0.120. The normalized spacial score (nSPS) is 28.2. The van der Waals surface area contributed by atoms with Gasteiger partial charge in [-0.05, 0) is 32.9 Å². The molecular weight excluding hydrogens is 188 g/mol. The lowest BCUT2D eigenvalue weighted by molar-refractivity contribution is 0.0152. The summed E-state index contributed by atoms with van der Waals surface area (Å²) >= 11 is 0. The first-order chi connectivity index (χ1) is 7.04. The average molecular weight is 214 g/mol. The number of nitrogens with zero attached hydrogens (tertiary/aromatic N) is 1. The molecule has 15 heavy (non-hydrogen) atoms. The van der Waals surface area contributed by atoms with E-state index in [9.17, 15) is 0 Å². The molecule has 0 aromatic heterocycles. The minimum atomic E-state index is 0.499. The quantitative estimate of drug-likeness (QED) is 0.722. The molecule has 0 bridgehead atoms. The third kappa shape index (κ3) is 3.74. The molecule has 1 fully saturated rings. The molecule has 1 rings (SSSR count). The number of rotatable bonds is 6. The van der Waals surface area contributed by atoms with E-state index in [-0.39, 0.29) is 0 Å². The lowest BCUT2D eigenvalue weighted by Crippen LogP contribution is -2.50. The summed E-state index contributed by atoms with van der Waals surface area (Å²) in [4.78, 5) is 2.31. The van der Waals surface area contributed by atoms with Crippen LogP contribution in [0.3, 0.4) is 0 Å². The van der Waals surface area contributed by atoms with Crippen LogP contribution < -0.4 is 5.32 Å². The van der Waals surface area contributed by atoms with Crippen molar-refractivity contribution in [2.75, 3.05) is 27.7 Å². The van der Waals surface area contributed by atoms with Crippen molar-refractivity contribution in [2.24, 2.45) is 5.92 Å². The monoisotopic (exact) mass is 214 g/mol. The Kier molecular flexibility index (Phi) is 5.03. The van der Waals surface area contributed by atoms with Crippen LogP contribution in [0.1, 0.15) is 26.7 Å². The zero-order valence-corrected chi connectivity index (χ0v) is 10.8. The van der Waals surface area contributed by atoms with E-state index in [1.807, 2.05) is 0 Å². The van der Waals surface area contributed by atoms with Crippen LogP contribution in [0.5, 0.6) is 0 Å². The molecule has 90 valence electrons. The first-order valence-electron chi connectivity index (χ1n) is 5.97. The summed E-state index contributed by atoms with van der Waals surface area (Å²) < 4.78 is 5.27. The summed E-state index contributed by atoms with van der Waals surface area (Å²) in [6.45, 7) is 5.65. The molecule has 1 aliphatic carbocycles. The molecule has 3 heteroatoms. The zero-order chi connectivity index (χ0) is 11.4. The van der Waals surface area contributed by atoms with Crippen LogP contribution in [-0.4, -0.2) is 50.8 Å². The van der Waals surface area contributed by atoms with Gasteiger partial charge in [0.05, 0.1) is 6.10 Å². The molecule has 0 radical (unpaired) electrons. The molecule has 0 amide bonds. The van der Waals surface area contributed by atoms with Gasteiger partial charge in [0.2, 0.25) is 0 Å². The Labute approximate surface area is 94.2 Å². The fourth-order valence-electron chi connectivity index (χ4n) is 2.23. The second-order valence-electron chi connectivity index (χ2n) is 5.21. The lowest BCUT2D eigenvalue weighted by atomic mass is 9.89. The largest absolute Gasteiger partial charge is 0.381 e. The van der Waals surface area contributed by atoms with Gasteiger partial charge in [0, 0.05) is 25.7 Å². The van der Waals surface area contributed by atoms with Gasteiger partial charge in [0.15, 0.2) is 0 Å². The highest BCUT2D eigenvalue weighted by Crippen LogP contribution is 2.22. The summed E-state index contributed by atoms with van der Waals surface area (Å²) in [5.74, 6) is 0.700. The molecule has 0 aromatic carbocycles. The highest BCUT2D eigenvalue weighted by atomic mass is 16.5. The minimum Gasteiger partial charge on any atom is -0.381 e. The van der Waals surface area contributed by atoms with Gasteiger partial charge in [-0.3, -0.25) is 0 Å². The van der Waals surface area contributed by atoms with E-state index >= 15 is 0 Å². The van der Waals surface area contributed by atoms with Crippen molar-refractivity contribution in [2.45, 2.75) is 44.9 Å². The standard InChI is InChI=1S/C12H26N2O/c1-9(2)12(14(3)4)8-13-10-6-11(7-10)15-5/h9-13H,6-8H2,1-5H3. The zero-order valence-electron chi connectivity index (χ0n) is 10.8. The third-order valence-electron chi connectivity index (χ3n) is 3.48. The maximum atomic E-state index is 5.27. The molecule has 0 aliphatic heterocycles. The topological polar surface area (TPSA) is 24.5 Å². The molecule has 0 spiro atoms. The molecule has 0 heterocycles. The lowest BCUT2D eigenvalue weighted by Gasteiger charge is -2.37. The van der Waals surface area contributed by atoms with E-state index in [0.29, 0.717) is 24.1 Å². The Morgan fingerprint density at radius 3 is 2.33 bits per heavy atom. The van der Waals surface area contributed by atoms with Crippen molar-refractivity contribution in [3.63, 3.8) is 0 Å². The smallest absolute Gasteiger partial charge is 0.0601 e.